The summed E-state index contributed by atoms with van der Waals surface area (Å²) in [5, 5.41) is 0. The number of hydrogen-bond acceptors (Lipinski definition) is 0. The first kappa shape index (κ1) is 5.16. The van der Waals surface area contributed by atoms with E-state index in [0.717, 1.165) is 5.56 Å². The van der Waals surface area contributed by atoms with Crippen molar-refractivity contribution in [1.29, 1.82) is 0 Å². The summed E-state index contributed by atoms with van der Waals surface area (Å²) >= 11 is 0. The van der Waals surface area contributed by atoms with E-state index in [0.29, 0.717) is 5.69 Å². The van der Waals surface area contributed by atoms with Gasteiger partial charge in [0.05, 0.1) is 5.69 Å². The minimum absolute atomic E-state index is 0.618. The molecule has 0 bridgehead atoms. The van der Waals surface area contributed by atoms with E-state index < -0.39 is 0 Å². The summed E-state index contributed by atoms with van der Waals surface area (Å²) in [6.07, 6.45) is 0. The first-order chi connectivity index (χ1) is 3.80. The van der Waals surface area contributed by atoms with E-state index in [2.05, 4.69) is 0 Å². The Morgan fingerprint density at radius 3 is 2.25 bits per heavy atom. The molecule has 0 fully saturated rings. The maximum Gasteiger partial charge on any atom is 0.0569 e. The zero-order chi connectivity index (χ0) is 5.98. The molecular weight excluding hydrogens is 98.1 g/mol. The van der Waals surface area contributed by atoms with Gasteiger partial charge in [0.25, 0.3) is 0 Å². The molecule has 0 aliphatic rings. The van der Waals surface area contributed by atoms with Crippen LogP contribution >= 0.6 is 0 Å². The van der Waals surface area contributed by atoms with Crippen molar-refractivity contribution in [3.63, 3.8) is 0 Å². The molecule has 0 spiro atoms. The van der Waals surface area contributed by atoms with Gasteiger partial charge in [0, 0.05) is 0 Å². The lowest BCUT2D eigenvalue weighted by atomic mass is 10.2. The van der Waals surface area contributed by atoms with Gasteiger partial charge >= 0.3 is 0 Å². The minimum Gasteiger partial charge on any atom is -0.301 e. The summed E-state index contributed by atoms with van der Waals surface area (Å²) in [5.74, 6) is 0. The molecule has 0 atom stereocenters. The third-order valence-corrected chi connectivity index (χ3v) is 1.15. The smallest absolute Gasteiger partial charge is 0.0569 e. The van der Waals surface area contributed by atoms with Crippen molar-refractivity contribution in [2.24, 2.45) is 0 Å². The van der Waals surface area contributed by atoms with Crippen molar-refractivity contribution >= 4 is 5.69 Å². The van der Waals surface area contributed by atoms with E-state index in [1.165, 1.54) is 0 Å². The van der Waals surface area contributed by atoms with E-state index in [9.17, 15) is 0 Å². The van der Waals surface area contributed by atoms with Crippen LogP contribution in [0.2, 0.25) is 0 Å². The van der Waals surface area contributed by atoms with Crippen molar-refractivity contribution in [1.82, 2.24) is 5.73 Å². The molecule has 41 valence electrons. The van der Waals surface area contributed by atoms with Crippen molar-refractivity contribution in [3.05, 3.63) is 29.8 Å². The Balaban J connectivity index is 3.13. The van der Waals surface area contributed by atoms with Crippen molar-refractivity contribution < 1.29 is 0 Å². The first-order valence-corrected chi connectivity index (χ1v) is 2.58. The van der Waals surface area contributed by atoms with Gasteiger partial charge < -0.3 is 5.73 Å². The zero-order valence-corrected chi connectivity index (χ0v) is 4.81. The van der Waals surface area contributed by atoms with E-state index in [-0.39, 0.29) is 0 Å². The van der Waals surface area contributed by atoms with Crippen LogP contribution < -0.4 is 5.73 Å². The highest BCUT2D eigenvalue weighted by atomic mass is 14.5. The van der Waals surface area contributed by atoms with Crippen LogP contribution in [0.3, 0.4) is 0 Å². The lowest BCUT2D eigenvalue weighted by Gasteiger charge is -1.92. The van der Waals surface area contributed by atoms with Crippen molar-refractivity contribution in [3.8, 4) is 0 Å². The summed E-state index contributed by atoms with van der Waals surface area (Å²) in [5.41, 5.74) is 8.87. The molecule has 0 aliphatic heterocycles. The Morgan fingerprint density at radius 1 is 1.25 bits per heavy atom. The van der Waals surface area contributed by atoms with Gasteiger partial charge in [-0.1, -0.05) is 18.2 Å². The van der Waals surface area contributed by atoms with Gasteiger partial charge in [-0.3, -0.25) is 0 Å². The molecule has 1 aromatic rings. The molecule has 1 N–H and O–H groups in total. The highest BCUT2D eigenvalue weighted by Crippen LogP contribution is 2.08. The molecule has 0 unspecified atom stereocenters. The maximum atomic E-state index is 7.22. The Kier molecular flexibility index (Phi) is 1.20. The van der Waals surface area contributed by atoms with Crippen LogP contribution in [-0.2, 0) is 0 Å². The fourth-order valence-electron chi connectivity index (χ4n) is 0.573. The SMILES string of the molecule is Cc1ccccc1[NH]. The highest BCUT2D eigenvalue weighted by Gasteiger charge is 1.85. The number of benzene rings is 1. The molecule has 0 saturated carbocycles. The Labute approximate surface area is 49.1 Å². The van der Waals surface area contributed by atoms with E-state index >= 15 is 0 Å². The highest BCUT2D eigenvalue weighted by molar-refractivity contribution is 5.41. The summed E-state index contributed by atoms with van der Waals surface area (Å²) in [6.45, 7) is 1.93. The number of hydrogen-bond donors (Lipinski definition) is 0. The van der Waals surface area contributed by atoms with Gasteiger partial charge in [0.1, 0.15) is 0 Å². The predicted octanol–water partition coefficient (Wildman–Crippen LogP) is 1.91. The Bertz CT molecular complexity index is 160. The average molecular weight is 106 g/mol. The number of rotatable bonds is 0. The predicted molar refractivity (Wildman–Crippen MR) is 33.9 cm³/mol. The quantitative estimate of drug-likeness (QED) is 0.482. The number of nitrogens with one attached hydrogen (secondary N) is 1. The molecule has 1 heteroatoms. The van der Waals surface area contributed by atoms with E-state index in [1.807, 2.05) is 25.1 Å². The largest absolute Gasteiger partial charge is 0.301 e. The minimum atomic E-state index is 0.618. The third-order valence-electron chi connectivity index (χ3n) is 1.15. The summed E-state index contributed by atoms with van der Waals surface area (Å²) < 4.78 is 0. The molecule has 0 aromatic heterocycles. The lowest BCUT2D eigenvalue weighted by molar-refractivity contribution is 1.38. The number of aryl methyl sites for hydroxylation is 1. The van der Waals surface area contributed by atoms with Crippen LogP contribution in [-0.4, -0.2) is 0 Å². The topological polar surface area (TPSA) is 23.8 Å². The van der Waals surface area contributed by atoms with E-state index in [1.54, 1.807) is 6.07 Å². The van der Waals surface area contributed by atoms with Crippen molar-refractivity contribution in [2.75, 3.05) is 0 Å². The van der Waals surface area contributed by atoms with Gasteiger partial charge in [0.2, 0.25) is 0 Å². The van der Waals surface area contributed by atoms with Gasteiger partial charge in [0.15, 0.2) is 0 Å². The second-order valence-corrected chi connectivity index (χ2v) is 1.81. The van der Waals surface area contributed by atoms with Crippen molar-refractivity contribution in [2.45, 2.75) is 6.92 Å². The molecular formula is C7H8N. The summed E-state index contributed by atoms with van der Waals surface area (Å²) in [7, 11) is 0. The van der Waals surface area contributed by atoms with Gasteiger partial charge in [-0.05, 0) is 18.6 Å². The standard InChI is InChI=1S/C7H8N/c1-6-4-2-3-5-7(6)8/h2-5,8H,1H3. The molecule has 0 heterocycles. The Hall–Kier alpha value is -0.980. The average Bonchev–Trinajstić information content (AvgIpc) is 1.77. The lowest BCUT2D eigenvalue weighted by Crippen LogP contribution is -1.72. The van der Waals surface area contributed by atoms with Crippen LogP contribution in [0.1, 0.15) is 5.56 Å². The molecule has 1 radical (unpaired) electrons. The molecule has 0 aliphatic carbocycles. The fourth-order valence-corrected chi connectivity index (χ4v) is 0.573. The molecule has 0 saturated heterocycles. The molecule has 0 amide bonds. The van der Waals surface area contributed by atoms with Gasteiger partial charge in [-0.2, -0.15) is 0 Å². The second-order valence-electron chi connectivity index (χ2n) is 1.81. The summed E-state index contributed by atoms with van der Waals surface area (Å²) in [4.78, 5) is 0. The van der Waals surface area contributed by atoms with Gasteiger partial charge in [-0.25, -0.2) is 0 Å². The maximum absolute atomic E-state index is 7.22. The van der Waals surface area contributed by atoms with Gasteiger partial charge in [-0.15, -0.1) is 0 Å². The zero-order valence-electron chi connectivity index (χ0n) is 4.81. The third kappa shape index (κ3) is 0.808. The molecule has 1 nitrogen and oxygen atoms in total. The normalized spacial score (nSPS) is 9.12. The molecule has 1 aromatic carbocycles. The summed E-state index contributed by atoms with van der Waals surface area (Å²) in [6, 6.07) is 7.53. The second kappa shape index (κ2) is 1.86. The van der Waals surface area contributed by atoms with E-state index in [4.69, 9.17) is 5.73 Å². The van der Waals surface area contributed by atoms with Crippen LogP contribution in [0.25, 0.3) is 0 Å². The fraction of sp³-hybridized carbons (Fsp3) is 0.143. The molecule has 8 heavy (non-hydrogen) atoms. The Morgan fingerprint density at radius 2 is 1.88 bits per heavy atom. The van der Waals surface area contributed by atoms with Crippen LogP contribution in [0.5, 0.6) is 0 Å². The van der Waals surface area contributed by atoms with Crippen LogP contribution in [0.15, 0.2) is 24.3 Å². The monoisotopic (exact) mass is 106 g/mol. The first-order valence-electron chi connectivity index (χ1n) is 2.58. The molecule has 1 rings (SSSR count). The van der Waals surface area contributed by atoms with Crippen LogP contribution in [0, 0.1) is 6.92 Å². The van der Waals surface area contributed by atoms with Crippen LogP contribution in [0.4, 0.5) is 5.69 Å².